The smallest absolute Gasteiger partial charge is 0.239 e. The van der Waals surface area contributed by atoms with E-state index >= 15 is 0 Å². The second-order valence-electron chi connectivity index (χ2n) is 6.91. The Hall–Kier alpha value is -1.30. The minimum atomic E-state index is -0.593. The van der Waals surface area contributed by atoms with Gasteiger partial charge in [0.25, 0.3) is 0 Å². The summed E-state index contributed by atoms with van der Waals surface area (Å²) in [6.07, 6.45) is 3.23. The van der Waals surface area contributed by atoms with E-state index in [0.29, 0.717) is 11.6 Å². The summed E-state index contributed by atoms with van der Waals surface area (Å²) in [5.41, 5.74) is 6.94. The van der Waals surface area contributed by atoms with Crippen LogP contribution in [0.5, 0.6) is 0 Å². The van der Waals surface area contributed by atoms with Crippen LogP contribution in [0.15, 0.2) is 24.3 Å². The first kappa shape index (κ1) is 21.7. The molecule has 1 aliphatic carbocycles. The van der Waals surface area contributed by atoms with Crippen LogP contribution >= 0.6 is 24.0 Å². The van der Waals surface area contributed by atoms with Gasteiger partial charge in [-0.15, -0.1) is 12.4 Å². The lowest BCUT2D eigenvalue weighted by atomic mass is 9.64. The fraction of sp³-hybridized carbons (Fsp3) is 0.556. The van der Waals surface area contributed by atoms with E-state index in [-0.39, 0.29) is 42.1 Å². The first-order chi connectivity index (χ1) is 11.3. The Morgan fingerprint density at radius 2 is 1.80 bits per heavy atom. The molecule has 5 nitrogen and oxygen atoms in total. The maximum atomic E-state index is 12.0. The molecule has 1 saturated carbocycles. The molecule has 140 valence electrons. The van der Waals surface area contributed by atoms with Crippen molar-refractivity contribution in [3.63, 3.8) is 0 Å². The molecule has 1 fully saturated rings. The van der Waals surface area contributed by atoms with Crippen LogP contribution in [0, 0.1) is 5.92 Å². The zero-order valence-electron chi connectivity index (χ0n) is 14.7. The molecule has 0 saturated heterocycles. The van der Waals surface area contributed by atoms with Crippen molar-refractivity contribution in [1.82, 2.24) is 10.6 Å². The highest BCUT2D eigenvalue weighted by atomic mass is 35.5. The first-order valence-corrected chi connectivity index (χ1v) is 8.78. The van der Waals surface area contributed by atoms with Crippen LogP contribution in [-0.4, -0.2) is 30.9 Å². The summed E-state index contributed by atoms with van der Waals surface area (Å²) in [7, 11) is 0. The quantitative estimate of drug-likeness (QED) is 0.671. The van der Waals surface area contributed by atoms with E-state index < -0.39 is 6.04 Å². The lowest BCUT2D eigenvalue weighted by molar-refractivity contribution is -0.127. The molecule has 0 aromatic heterocycles. The van der Waals surface area contributed by atoms with Crippen LogP contribution in [0.3, 0.4) is 0 Å². The minimum Gasteiger partial charge on any atom is -0.354 e. The fourth-order valence-corrected chi connectivity index (χ4v) is 3.02. The second-order valence-corrected chi connectivity index (χ2v) is 7.34. The van der Waals surface area contributed by atoms with Gasteiger partial charge in [0.05, 0.1) is 12.6 Å². The summed E-state index contributed by atoms with van der Waals surface area (Å²) in [5, 5.41) is 6.23. The Labute approximate surface area is 160 Å². The molecule has 2 amide bonds. The summed E-state index contributed by atoms with van der Waals surface area (Å²) in [4.78, 5) is 23.8. The molecule has 2 rings (SSSR count). The van der Waals surface area contributed by atoms with Crippen molar-refractivity contribution in [2.45, 2.75) is 44.6 Å². The number of carbonyl (C=O) groups excluding carboxylic acids is 2. The van der Waals surface area contributed by atoms with Crippen molar-refractivity contribution in [2.24, 2.45) is 11.7 Å². The highest BCUT2D eigenvalue weighted by Crippen LogP contribution is 2.43. The number of benzene rings is 1. The molecule has 0 spiro atoms. The summed E-state index contributed by atoms with van der Waals surface area (Å²) in [5.74, 6) is -0.452. The number of nitrogens with one attached hydrogen (secondary N) is 2. The summed E-state index contributed by atoms with van der Waals surface area (Å²) in [6, 6.07) is 7.22. The average Bonchev–Trinajstić information content (AvgIpc) is 2.52. The molecule has 1 aromatic rings. The fourth-order valence-electron chi connectivity index (χ4n) is 2.89. The predicted octanol–water partition coefficient (Wildman–Crippen LogP) is 2.40. The van der Waals surface area contributed by atoms with Gasteiger partial charge in [0.1, 0.15) is 0 Å². The third-order valence-corrected chi connectivity index (χ3v) is 5.09. The number of hydrogen-bond donors (Lipinski definition) is 3. The molecule has 1 aromatic carbocycles. The van der Waals surface area contributed by atoms with Crippen LogP contribution < -0.4 is 16.4 Å². The average molecular weight is 388 g/mol. The molecule has 1 aliphatic rings. The van der Waals surface area contributed by atoms with Gasteiger partial charge in [-0.25, -0.2) is 0 Å². The van der Waals surface area contributed by atoms with Crippen LogP contribution in [0.2, 0.25) is 5.02 Å². The Bertz CT molecular complexity index is 586. The predicted molar refractivity (Wildman–Crippen MR) is 103 cm³/mol. The Morgan fingerprint density at radius 3 is 2.28 bits per heavy atom. The number of rotatable bonds is 7. The van der Waals surface area contributed by atoms with Gasteiger partial charge in [0.2, 0.25) is 11.8 Å². The molecule has 25 heavy (non-hydrogen) atoms. The van der Waals surface area contributed by atoms with Crippen molar-refractivity contribution in [2.75, 3.05) is 13.1 Å². The molecule has 0 bridgehead atoms. The Kier molecular flexibility index (Phi) is 8.19. The van der Waals surface area contributed by atoms with Gasteiger partial charge in [-0.3, -0.25) is 9.59 Å². The van der Waals surface area contributed by atoms with Gasteiger partial charge in [0.15, 0.2) is 0 Å². The molecule has 0 heterocycles. The first-order valence-electron chi connectivity index (χ1n) is 8.40. The van der Waals surface area contributed by atoms with Crippen LogP contribution in [0.4, 0.5) is 0 Å². The molecule has 0 aliphatic heterocycles. The number of nitrogens with two attached hydrogens (primary N) is 1. The minimum absolute atomic E-state index is 0. The van der Waals surface area contributed by atoms with Crippen molar-refractivity contribution >= 4 is 35.8 Å². The topological polar surface area (TPSA) is 84.2 Å². The van der Waals surface area contributed by atoms with Crippen LogP contribution in [0.1, 0.15) is 38.7 Å². The summed E-state index contributed by atoms with van der Waals surface area (Å²) in [6.45, 7) is 4.27. The molecule has 0 radical (unpaired) electrons. The van der Waals surface area contributed by atoms with Gasteiger partial charge < -0.3 is 16.4 Å². The molecule has 7 heteroatoms. The maximum Gasteiger partial charge on any atom is 0.239 e. The second kappa shape index (κ2) is 9.41. The molecular formula is C18H27Cl2N3O2. The van der Waals surface area contributed by atoms with E-state index in [1.54, 1.807) is 0 Å². The highest BCUT2D eigenvalue weighted by Gasteiger charge is 2.38. The van der Waals surface area contributed by atoms with Crippen molar-refractivity contribution in [3.8, 4) is 0 Å². The number of amides is 2. The Morgan fingerprint density at radius 1 is 1.20 bits per heavy atom. The summed E-state index contributed by atoms with van der Waals surface area (Å²) < 4.78 is 0. The van der Waals surface area contributed by atoms with Gasteiger partial charge in [-0.1, -0.05) is 44.0 Å². The SMILES string of the molecule is CC(C)[C@H](N)C(=O)NCC(=O)NCC1(c2ccc(Cl)cc2)CCC1.Cl. The summed E-state index contributed by atoms with van der Waals surface area (Å²) >= 11 is 5.95. The van der Waals surface area contributed by atoms with Gasteiger partial charge in [0, 0.05) is 17.0 Å². The highest BCUT2D eigenvalue weighted by molar-refractivity contribution is 6.30. The number of halogens is 2. The zero-order valence-corrected chi connectivity index (χ0v) is 16.3. The number of hydrogen-bond acceptors (Lipinski definition) is 3. The molecule has 4 N–H and O–H groups in total. The lowest BCUT2D eigenvalue weighted by Crippen LogP contribution is -2.50. The molecular weight excluding hydrogens is 361 g/mol. The third-order valence-electron chi connectivity index (χ3n) is 4.84. The van der Waals surface area contributed by atoms with E-state index in [2.05, 4.69) is 10.6 Å². The lowest BCUT2D eigenvalue weighted by Gasteiger charge is -2.42. The van der Waals surface area contributed by atoms with E-state index in [4.69, 9.17) is 17.3 Å². The number of carbonyl (C=O) groups is 2. The normalized spacial score (nSPS) is 16.4. The monoisotopic (exact) mass is 387 g/mol. The van der Waals surface area contributed by atoms with Crippen molar-refractivity contribution < 1.29 is 9.59 Å². The standard InChI is InChI=1S/C18H26ClN3O2.ClH/c1-12(2)16(20)17(24)21-10-15(23)22-11-18(8-3-9-18)13-4-6-14(19)7-5-13;/h4-7,12,16H,3,8-11,20H2,1-2H3,(H,21,24)(H,22,23);1H/t16-;/m0./s1. The van der Waals surface area contributed by atoms with Crippen molar-refractivity contribution in [1.29, 1.82) is 0 Å². The van der Waals surface area contributed by atoms with E-state index in [1.807, 2.05) is 38.1 Å². The van der Waals surface area contributed by atoms with Crippen LogP contribution in [0.25, 0.3) is 0 Å². The van der Waals surface area contributed by atoms with E-state index in [1.165, 1.54) is 5.56 Å². The zero-order chi connectivity index (χ0) is 17.7. The molecule has 0 unspecified atom stereocenters. The maximum absolute atomic E-state index is 12.0. The van der Waals surface area contributed by atoms with Gasteiger partial charge in [-0.05, 0) is 36.5 Å². The largest absolute Gasteiger partial charge is 0.354 e. The van der Waals surface area contributed by atoms with Crippen LogP contribution in [-0.2, 0) is 15.0 Å². The van der Waals surface area contributed by atoms with E-state index in [9.17, 15) is 9.59 Å². The Balaban J connectivity index is 0.00000312. The third kappa shape index (κ3) is 5.59. The van der Waals surface area contributed by atoms with Gasteiger partial charge >= 0.3 is 0 Å². The van der Waals surface area contributed by atoms with Crippen molar-refractivity contribution in [3.05, 3.63) is 34.9 Å². The van der Waals surface area contributed by atoms with Gasteiger partial charge in [-0.2, -0.15) is 0 Å². The van der Waals surface area contributed by atoms with E-state index in [0.717, 1.165) is 19.3 Å². The molecule has 1 atom stereocenters.